The number of dihydropyridines is 1. The fraction of sp³-hybridized carbons (Fsp3) is 0.333. The molecule has 0 spiro atoms. The van der Waals surface area contributed by atoms with Crippen LogP contribution >= 0.6 is 0 Å². The second kappa shape index (κ2) is 12.4. The average molecular weight is 456 g/mol. The SMILES string of the molecule is C/C=C/C=C/COC(=O)C1=C(C)NC(C)=C(C(=O)OCCOC)[C@@H]1c1cccc([N+](=O)[O-])c1. The molecule has 0 radical (unpaired) electrons. The van der Waals surface area contributed by atoms with Crippen LogP contribution in [0.1, 0.15) is 32.3 Å². The van der Waals surface area contributed by atoms with Gasteiger partial charge in [-0.3, -0.25) is 10.1 Å². The average Bonchev–Trinajstić information content (AvgIpc) is 2.78. The summed E-state index contributed by atoms with van der Waals surface area (Å²) in [4.78, 5) is 36.9. The predicted molar refractivity (Wildman–Crippen MR) is 122 cm³/mol. The smallest absolute Gasteiger partial charge is 0.337 e. The van der Waals surface area contributed by atoms with E-state index < -0.39 is 22.8 Å². The Morgan fingerprint density at radius 2 is 1.76 bits per heavy atom. The molecule has 176 valence electrons. The monoisotopic (exact) mass is 456 g/mol. The van der Waals surface area contributed by atoms with Crippen LogP contribution in [0.2, 0.25) is 0 Å². The maximum Gasteiger partial charge on any atom is 0.337 e. The zero-order valence-electron chi connectivity index (χ0n) is 19.1. The lowest BCUT2D eigenvalue weighted by molar-refractivity contribution is -0.384. The number of nitrogens with zero attached hydrogens (tertiary/aromatic N) is 1. The lowest BCUT2D eigenvalue weighted by Crippen LogP contribution is -2.32. The quantitative estimate of drug-likeness (QED) is 0.186. The summed E-state index contributed by atoms with van der Waals surface area (Å²) in [6, 6.07) is 5.83. The van der Waals surface area contributed by atoms with E-state index in [1.165, 1.54) is 25.3 Å². The summed E-state index contributed by atoms with van der Waals surface area (Å²) >= 11 is 0. The number of allylic oxidation sites excluding steroid dienone is 5. The van der Waals surface area contributed by atoms with Gasteiger partial charge in [0.1, 0.15) is 13.2 Å². The number of benzene rings is 1. The lowest BCUT2D eigenvalue weighted by Gasteiger charge is -2.30. The Kier molecular flexibility index (Phi) is 9.56. The molecule has 0 aliphatic carbocycles. The summed E-state index contributed by atoms with van der Waals surface area (Å²) < 4.78 is 15.7. The largest absolute Gasteiger partial charge is 0.460 e. The van der Waals surface area contributed by atoms with E-state index in [4.69, 9.17) is 14.2 Å². The van der Waals surface area contributed by atoms with E-state index in [9.17, 15) is 19.7 Å². The number of carbonyl (C=O) groups is 2. The van der Waals surface area contributed by atoms with Crippen molar-refractivity contribution in [2.75, 3.05) is 26.9 Å². The van der Waals surface area contributed by atoms with Crippen molar-refractivity contribution >= 4 is 17.6 Å². The molecule has 0 bridgehead atoms. The van der Waals surface area contributed by atoms with Crippen LogP contribution in [0.5, 0.6) is 0 Å². The van der Waals surface area contributed by atoms with Crippen molar-refractivity contribution in [3.63, 3.8) is 0 Å². The van der Waals surface area contributed by atoms with E-state index in [1.54, 1.807) is 38.1 Å². The van der Waals surface area contributed by atoms with E-state index in [1.807, 2.05) is 13.0 Å². The number of carbonyl (C=O) groups excluding carboxylic acids is 2. The first-order chi connectivity index (χ1) is 15.8. The summed E-state index contributed by atoms with van der Waals surface area (Å²) in [5.74, 6) is -2.20. The number of nitrogens with one attached hydrogen (secondary N) is 1. The molecule has 1 N–H and O–H groups in total. The molecule has 9 nitrogen and oxygen atoms in total. The van der Waals surface area contributed by atoms with Gasteiger partial charge in [-0.1, -0.05) is 30.4 Å². The molecule has 1 heterocycles. The second-order valence-electron chi connectivity index (χ2n) is 7.17. The fourth-order valence-corrected chi connectivity index (χ4v) is 3.43. The Balaban J connectivity index is 2.50. The number of hydrogen-bond acceptors (Lipinski definition) is 8. The molecule has 0 amide bonds. The molecule has 0 aromatic heterocycles. The highest BCUT2D eigenvalue weighted by Crippen LogP contribution is 2.40. The number of ether oxygens (including phenoxy) is 3. The Bertz CT molecular complexity index is 1020. The number of nitro groups is 1. The lowest BCUT2D eigenvalue weighted by atomic mass is 9.80. The number of rotatable bonds is 10. The Morgan fingerprint density at radius 3 is 2.36 bits per heavy atom. The molecule has 1 aliphatic heterocycles. The van der Waals surface area contributed by atoms with Gasteiger partial charge in [0, 0.05) is 30.6 Å². The maximum atomic E-state index is 13.1. The molecular formula is C24H28N2O7. The Morgan fingerprint density at radius 1 is 1.09 bits per heavy atom. The van der Waals surface area contributed by atoms with Gasteiger partial charge in [0.25, 0.3) is 5.69 Å². The first-order valence-electron chi connectivity index (χ1n) is 10.4. The molecule has 9 heteroatoms. The van der Waals surface area contributed by atoms with E-state index in [0.717, 1.165) is 0 Å². The minimum atomic E-state index is -0.909. The molecule has 1 atom stereocenters. The standard InChI is InChI=1S/C24H28N2O7/c1-5-6-7-8-12-32-23(27)20-16(2)25-17(3)21(24(28)33-14-13-31-4)22(20)18-10-9-11-19(15-18)26(29)30/h5-11,15,22,25H,12-14H2,1-4H3/b6-5+,8-7+/t22-/m1/s1. The van der Waals surface area contributed by atoms with Gasteiger partial charge in [0.2, 0.25) is 0 Å². The Labute approximate surface area is 192 Å². The van der Waals surface area contributed by atoms with E-state index in [2.05, 4.69) is 5.32 Å². The number of nitro benzene ring substituents is 1. The first-order valence-corrected chi connectivity index (χ1v) is 10.4. The van der Waals surface area contributed by atoms with Crippen LogP contribution < -0.4 is 5.32 Å². The number of methoxy groups -OCH3 is 1. The van der Waals surface area contributed by atoms with Crippen molar-refractivity contribution in [3.8, 4) is 0 Å². The minimum Gasteiger partial charge on any atom is -0.460 e. The van der Waals surface area contributed by atoms with Gasteiger partial charge in [0.15, 0.2) is 0 Å². The zero-order chi connectivity index (χ0) is 24.4. The molecule has 1 aliphatic rings. The zero-order valence-corrected chi connectivity index (χ0v) is 19.1. The van der Waals surface area contributed by atoms with Gasteiger partial charge in [-0.2, -0.15) is 0 Å². The van der Waals surface area contributed by atoms with Crippen molar-refractivity contribution < 1.29 is 28.7 Å². The third kappa shape index (κ3) is 6.63. The maximum absolute atomic E-state index is 13.1. The van der Waals surface area contributed by atoms with Crippen LogP contribution in [0.3, 0.4) is 0 Å². The molecule has 1 aromatic rings. The molecule has 0 unspecified atom stereocenters. The summed E-state index contributed by atoms with van der Waals surface area (Å²) in [6.45, 7) is 5.48. The number of non-ortho nitro benzene ring substituents is 1. The summed E-state index contributed by atoms with van der Waals surface area (Å²) in [6.07, 6.45) is 7.05. The normalized spacial score (nSPS) is 16.3. The van der Waals surface area contributed by atoms with Crippen molar-refractivity contribution in [2.24, 2.45) is 0 Å². The highest BCUT2D eigenvalue weighted by molar-refractivity contribution is 6.00. The van der Waals surface area contributed by atoms with Crippen LogP contribution in [0, 0.1) is 10.1 Å². The molecule has 1 aromatic carbocycles. The predicted octanol–water partition coefficient (Wildman–Crippen LogP) is 3.69. The topological polar surface area (TPSA) is 117 Å². The third-order valence-corrected chi connectivity index (χ3v) is 4.89. The second-order valence-corrected chi connectivity index (χ2v) is 7.17. The first kappa shape index (κ1) is 25.5. The van der Waals surface area contributed by atoms with Gasteiger partial charge < -0.3 is 19.5 Å². The van der Waals surface area contributed by atoms with Crippen LogP contribution in [-0.2, 0) is 23.8 Å². The van der Waals surface area contributed by atoms with Crippen LogP contribution in [0.25, 0.3) is 0 Å². The van der Waals surface area contributed by atoms with E-state index in [0.29, 0.717) is 17.0 Å². The van der Waals surface area contributed by atoms with Crippen LogP contribution in [0.15, 0.2) is 71.1 Å². The molecule has 33 heavy (non-hydrogen) atoms. The van der Waals surface area contributed by atoms with Crippen LogP contribution in [-0.4, -0.2) is 43.8 Å². The van der Waals surface area contributed by atoms with Gasteiger partial charge in [-0.05, 0) is 32.4 Å². The van der Waals surface area contributed by atoms with Gasteiger partial charge >= 0.3 is 11.9 Å². The van der Waals surface area contributed by atoms with E-state index in [-0.39, 0.29) is 36.7 Å². The number of hydrogen-bond donors (Lipinski definition) is 1. The highest BCUT2D eigenvalue weighted by atomic mass is 16.6. The van der Waals surface area contributed by atoms with Crippen molar-refractivity contribution in [3.05, 3.63) is 86.8 Å². The number of esters is 2. The Hall–Kier alpha value is -3.72. The summed E-state index contributed by atoms with van der Waals surface area (Å²) in [7, 11) is 1.48. The summed E-state index contributed by atoms with van der Waals surface area (Å²) in [5.41, 5.74) is 1.57. The third-order valence-electron chi connectivity index (χ3n) is 4.89. The minimum absolute atomic E-state index is 0.0198. The van der Waals surface area contributed by atoms with Gasteiger partial charge in [-0.25, -0.2) is 9.59 Å². The van der Waals surface area contributed by atoms with Crippen molar-refractivity contribution in [1.29, 1.82) is 0 Å². The molecular weight excluding hydrogens is 428 g/mol. The highest BCUT2D eigenvalue weighted by Gasteiger charge is 2.38. The fourth-order valence-electron chi connectivity index (χ4n) is 3.43. The molecule has 0 fully saturated rings. The molecule has 2 rings (SSSR count). The molecule has 0 saturated carbocycles. The van der Waals surface area contributed by atoms with Crippen molar-refractivity contribution in [2.45, 2.75) is 26.7 Å². The van der Waals surface area contributed by atoms with Crippen molar-refractivity contribution in [1.82, 2.24) is 5.32 Å². The van der Waals surface area contributed by atoms with E-state index >= 15 is 0 Å². The van der Waals surface area contributed by atoms with Crippen LogP contribution in [0.4, 0.5) is 5.69 Å². The summed E-state index contributed by atoms with van der Waals surface area (Å²) in [5, 5.41) is 14.4. The molecule has 0 saturated heterocycles. The van der Waals surface area contributed by atoms with Gasteiger partial charge in [0.05, 0.1) is 28.6 Å². The van der Waals surface area contributed by atoms with Gasteiger partial charge in [-0.15, -0.1) is 0 Å².